The molecular weight excluding hydrogens is 410 g/mol. The number of nitrogens with zero attached hydrogens (tertiary/aromatic N) is 4. The van der Waals surface area contributed by atoms with Gasteiger partial charge in [-0.25, -0.2) is 9.97 Å². The van der Waals surface area contributed by atoms with E-state index < -0.39 is 0 Å². The van der Waals surface area contributed by atoms with Crippen LogP contribution in [0.3, 0.4) is 0 Å². The number of nitrogen functional groups attached to an aromatic ring is 1. The second-order valence-electron chi connectivity index (χ2n) is 7.41. The number of ether oxygens (including phenoxy) is 1. The summed E-state index contributed by atoms with van der Waals surface area (Å²) in [5.41, 5.74) is 8.27. The number of benzene rings is 1. The van der Waals surface area contributed by atoms with E-state index in [2.05, 4.69) is 20.6 Å². The molecule has 3 aromatic rings. The van der Waals surface area contributed by atoms with Crippen LogP contribution in [-0.4, -0.2) is 72.2 Å². The molecule has 0 saturated carbocycles. The number of hydrogen-bond donors (Lipinski definition) is 3. The van der Waals surface area contributed by atoms with E-state index in [1.54, 1.807) is 55.6 Å². The lowest BCUT2D eigenvalue weighted by Gasteiger charge is -2.16. The molecule has 10 nitrogen and oxygen atoms in total. The van der Waals surface area contributed by atoms with E-state index in [-0.39, 0.29) is 11.8 Å². The second kappa shape index (κ2) is 10.7. The molecule has 3 rings (SSSR count). The molecule has 0 atom stereocenters. The standard InChI is InChI=1S/C22H29N7O3/c1-24-8-10-28(2)21(31)16-13-18-19(25-14-16)29(9-5-11-32-3)22(26-18)27-20(30)15-6-4-7-17(23)12-15/h4,6-7,12-14,24H,5,8-11,23H2,1-3H3,(H,26,27,30). The molecule has 2 amide bonds. The summed E-state index contributed by atoms with van der Waals surface area (Å²) in [4.78, 5) is 36.1. The number of hydrogen-bond acceptors (Lipinski definition) is 7. The quantitative estimate of drug-likeness (QED) is 0.323. The van der Waals surface area contributed by atoms with E-state index in [9.17, 15) is 9.59 Å². The first kappa shape index (κ1) is 23.2. The lowest BCUT2D eigenvalue weighted by atomic mass is 10.2. The number of aryl methyl sites for hydroxylation is 1. The minimum absolute atomic E-state index is 0.145. The molecule has 2 heterocycles. The lowest BCUT2D eigenvalue weighted by molar-refractivity contribution is 0.0796. The fraction of sp³-hybridized carbons (Fsp3) is 0.364. The van der Waals surface area contributed by atoms with Crippen LogP contribution in [0, 0.1) is 0 Å². The van der Waals surface area contributed by atoms with Gasteiger partial charge in [-0.05, 0) is 37.7 Å². The Kier molecular flexibility index (Phi) is 7.74. The van der Waals surface area contributed by atoms with Gasteiger partial charge in [-0.2, -0.15) is 0 Å². The molecule has 0 unspecified atom stereocenters. The summed E-state index contributed by atoms with van der Waals surface area (Å²) in [7, 11) is 5.21. The number of nitrogens with two attached hydrogens (primary N) is 1. The Morgan fingerprint density at radius 1 is 1.25 bits per heavy atom. The number of aromatic nitrogens is 3. The molecule has 32 heavy (non-hydrogen) atoms. The number of carbonyl (C=O) groups is 2. The minimum Gasteiger partial charge on any atom is -0.399 e. The van der Waals surface area contributed by atoms with Crippen molar-refractivity contribution in [3.05, 3.63) is 47.7 Å². The van der Waals surface area contributed by atoms with Gasteiger partial charge in [0.1, 0.15) is 5.52 Å². The molecule has 0 aliphatic heterocycles. The zero-order valence-corrected chi connectivity index (χ0v) is 18.6. The Hall–Kier alpha value is -3.50. The van der Waals surface area contributed by atoms with Crippen molar-refractivity contribution in [2.45, 2.75) is 13.0 Å². The summed E-state index contributed by atoms with van der Waals surface area (Å²) in [6.07, 6.45) is 2.25. The molecule has 170 valence electrons. The van der Waals surface area contributed by atoms with Crippen LogP contribution in [0.15, 0.2) is 36.5 Å². The van der Waals surface area contributed by atoms with E-state index in [0.29, 0.717) is 66.6 Å². The second-order valence-corrected chi connectivity index (χ2v) is 7.41. The molecule has 0 spiro atoms. The van der Waals surface area contributed by atoms with Crippen LogP contribution in [0.1, 0.15) is 27.1 Å². The number of likely N-dealkylation sites (N-methyl/N-ethyl adjacent to an activating group) is 2. The predicted octanol–water partition coefficient (Wildman–Crippen LogP) is 1.59. The number of nitrogens with one attached hydrogen (secondary N) is 2. The van der Waals surface area contributed by atoms with Crippen molar-refractivity contribution in [3.8, 4) is 0 Å². The zero-order valence-electron chi connectivity index (χ0n) is 18.6. The number of imidazole rings is 1. The molecule has 10 heteroatoms. The smallest absolute Gasteiger partial charge is 0.258 e. The highest BCUT2D eigenvalue weighted by Crippen LogP contribution is 2.21. The van der Waals surface area contributed by atoms with Crippen molar-refractivity contribution in [1.82, 2.24) is 24.8 Å². The van der Waals surface area contributed by atoms with Gasteiger partial charge < -0.3 is 20.7 Å². The molecule has 4 N–H and O–H groups in total. The summed E-state index contributed by atoms with van der Waals surface area (Å²) in [5.74, 6) is -0.123. The van der Waals surface area contributed by atoms with Gasteiger partial charge in [0.25, 0.3) is 11.8 Å². The first-order chi connectivity index (χ1) is 15.4. The maximum atomic E-state index is 12.8. The normalized spacial score (nSPS) is 11.0. The molecule has 2 aromatic heterocycles. The number of rotatable bonds is 10. The number of carbonyl (C=O) groups excluding carboxylic acids is 2. The van der Waals surface area contributed by atoms with Crippen molar-refractivity contribution >= 4 is 34.6 Å². The Morgan fingerprint density at radius 2 is 2.06 bits per heavy atom. The average molecular weight is 440 g/mol. The van der Waals surface area contributed by atoms with Crippen LogP contribution in [0.25, 0.3) is 11.2 Å². The highest BCUT2D eigenvalue weighted by atomic mass is 16.5. The minimum atomic E-state index is -0.330. The number of anilines is 2. The van der Waals surface area contributed by atoms with Crippen LogP contribution < -0.4 is 16.4 Å². The Balaban J connectivity index is 1.92. The summed E-state index contributed by atoms with van der Waals surface area (Å²) in [5, 5.41) is 5.86. The summed E-state index contributed by atoms with van der Waals surface area (Å²) < 4.78 is 6.97. The largest absolute Gasteiger partial charge is 0.399 e. The maximum Gasteiger partial charge on any atom is 0.258 e. The highest BCUT2D eigenvalue weighted by molar-refractivity contribution is 6.04. The van der Waals surface area contributed by atoms with Gasteiger partial charge in [-0.15, -0.1) is 0 Å². The number of pyridine rings is 1. The molecule has 0 radical (unpaired) electrons. The number of methoxy groups -OCH3 is 1. The van der Waals surface area contributed by atoms with Crippen LogP contribution in [0.4, 0.5) is 11.6 Å². The maximum absolute atomic E-state index is 12.8. The summed E-state index contributed by atoms with van der Waals surface area (Å²) in [6.45, 7) is 2.35. The highest BCUT2D eigenvalue weighted by Gasteiger charge is 2.18. The predicted molar refractivity (Wildman–Crippen MR) is 124 cm³/mol. The monoisotopic (exact) mass is 439 g/mol. The van der Waals surface area contributed by atoms with E-state index in [0.717, 1.165) is 0 Å². The summed E-state index contributed by atoms with van der Waals surface area (Å²) >= 11 is 0. The first-order valence-corrected chi connectivity index (χ1v) is 10.4. The molecule has 0 aliphatic rings. The topological polar surface area (TPSA) is 127 Å². The lowest BCUT2D eigenvalue weighted by Crippen LogP contribution is -2.32. The van der Waals surface area contributed by atoms with Crippen LogP contribution in [0.2, 0.25) is 0 Å². The van der Waals surface area contributed by atoms with Crippen molar-refractivity contribution in [2.24, 2.45) is 0 Å². The van der Waals surface area contributed by atoms with Gasteiger partial charge >= 0.3 is 0 Å². The fourth-order valence-electron chi connectivity index (χ4n) is 3.26. The molecule has 0 bridgehead atoms. The van der Waals surface area contributed by atoms with Gasteiger partial charge in [-0.1, -0.05) is 6.07 Å². The average Bonchev–Trinajstić information content (AvgIpc) is 3.13. The van der Waals surface area contributed by atoms with Gasteiger partial charge in [0.2, 0.25) is 5.95 Å². The van der Waals surface area contributed by atoms with Gasteiger partial charge in [0, 0.05) is 57.8 Å². The van der Waals surface area contributed by atoms with Gasteiger partial charge in [-0.3, -0.25) is 19.5 Å². The third kappa shape index (κ3) is 5.40. The molecule has 1 aromatic carbocycles. The Labute approximate surface area is 186 Å². The van der Waals surface area contributed by atoms with Crippen LogP contribution in [-0.2, 0) is 11.3 Å². The zero-order chi connectivity index (χ0) is 23.1. The molecule has 0 aliphatic carbocycles. The van der Waals surface area contributed by atoms with Crippen molar-refractivity contribution < 1.29 is 14.3 Å². The third-order valence-electron chi connectivity index (χ3n) is 4.98. The van der Waals surface area contributed by atoms with Crippen LogP contribution >= 0.6 is 0 Å². The van der Waals surface area contributed by atoms with E-state index in [1.807, 2.05) is 11.6 Å². The number of amides is 2. The fourth-order valence-corrected chi connectivity index (χ4v) is 3.26. The number of fused-ring (bicyclic) bond motifs is 1. The third-order valence-corrected chi connectivity index (χ3v) is 4.98. The van der Waals surface area contributed by atoms with Gasteiger partial charge in [0.05, 0.1) is 5.56 Å². The van der Waals surface area contributed by atoms with Crippen molar-refractivity contribution in [2.75, 3.05) is 52.0 Å². The molecule has 0 fully saturated rings. The Bertz CT molecular complexity index is 1100. The van der Waals surface area contributed by atoms with Crippen LogP contribution in [0.5, 0.6) is 0 Å². The molecular formula is C22H29N7O3. The first-order valence-electron chi connectivity index (χ1n) is 10.4. The van der Waals surface area contributed by atoms with Crippen molar-refractivity contribution in [3.63, 3.8) is 0 Å². The Morgan fingerprint density at radius 3 is 2.78 bits per heavy atom. The van der Waals surface area contributed by atoms with Gasteiger partial charge in [0.15, 0.2) is 5.65 Å². The van der Waals surface area contributed by atoms with E-state index in [1.165, 1.54) is 0 Å². The van der Waals surface area contributed by atoms with E-state index >= 15 is 0 Å². The van der Waals surface area contributed by atoms with Crippen molar-refractivity contribution in [1.29, 1.82) is 0 Å². The summed E-state index contributed by atoms with van der Waals surface area (Å²) in [6, 6.07) is 8.41. The SMILES string of the molecule is CNCCN(C)C(=O)c1cnc2c(c1)nc(NC(=O)c1cccc(N)c1)n2CCCOC. The van der Waals surface area contributed by atoms with E-state index in [4.69, 9.17) is 10.5 Å². The molecule has 0 saturated heterocycles.